The van der Waals surface area contributed by atoms with E-state index in [9.17, 15) is 14.0 Å². The Balaban J connectivity index is 1.59. The molecule has 0 saturated heterocycles. The number of hydrogen-bond acceptors (Lipinski definition) is 3. The molecule has 0 bridgehead atoms. The van der Waals surface area contributed by atoms with E-state index in [4.69, 9.17) is 4.99 Å². The number of aliphatic imine (C=N–C) groups is 1. The third-order valence-corrected chi connectivity index (χ3v) is 6.22. The fourth-order valence-electron chi connectivity index (χ4n) is 4.37. The molecular weight excluding hydrogens is 381 g/mol. The highest BCUT2D eigenvalue weighted by Gasteiger charge is 2.48. The number of nitrogens with zero attached hydrogens (tertiary/aromatic N) is 2. The summed E-state index contributed by atoms with van der Waals surface area (Å²) in [5, 5.41) is 2.95. The first kappa shape index (κ1) is 20.3. The van der Waals surface area contributed by atoms with Gasteiger partial charge in [0, 0.05) is 11.3 Å². The van der Waals surface area contributed by atoms with E-state index >= 15 is 0 Å². The second-order valence-electron chi connectivity index (χ2n) is 8.20. The normalized spacial score (nSPS) is 17.9. The van der Waals surface area contributed by atoms with Crippen LogP contribution in [0.15, 0.2) is 47.5 Å². The van der Waals surface area contributed by atoms with Crippen molar-refractivity contribution < 1.29 is 14.0 Å². The smallest absolute Gasteiger partial charge is 0.275 e. The van der Waals surface area contributed by atoms with Crippen molar-refractivity contribution in [1.82, 2.24) is 4.90 Å². The van der Waals surface area contributed by atoms with Crippen molar-refractivity contribution in [1.29, 1.82) is 0 Å². The lowest BCUT2D eigenvalue weighted by Crippen LogP contribution is -2.51. The average Bonchev–Trinajstić information content (AvgIpc) is 2.98. The van der Waals surface area contributed by atoms with Crippen LogP contribution in [0.2, 0.25) is 0 Å². The second-order valence-corrected chi connectivity index (χ2v) is 8.20. The summed E-state index contributed by atoms with van der Waals surface area (Å²) in [6.07, 6.45) is 4.49. The first-order valence-electron chi connectivity index (χ1n) is 10.4. The van der Waals surface area contributed by atoms with E-state index in [1.54, 1.807) is 17.0 Å². The van der Waals surface area contributed by atoms with E-state index in [1.165, 1.54) is 12.1 Å². The van der Waals surface area contributed by atoms with Gasteiger partial charge in [0.2, 0.25) is 5.91 Å². The van der Waals surface area contributed by atoms with E-state index in [2.05, 4.69) is 5.32 Å². The van der Waals surface area contributed by atoms with Gasteiger partial charge in [-0.2, -0.15) is 0 Å². The Morgan fingerprint density at radius 1 is 1.10 bits per heavy atom. The number of aryl methyl sites for hydroxylation is 1. The van der Waals surface area contributed by atoms with Gasteiger partial charge >= 0.3 is 0 Å². The fourth-order valence-corrected chi connectivity index (χ4v) is 4.37. The van der Waals surface area contributed by atoms with Crippen LogP contribution >= 0.6 is 0 Å². The van der Waals surface area contributed by atoms with Gasteiger partial charge in [0.25, 0.3) is 5.91 Å². The van der Waals surface area contributed by atoms with Gasteiger partial charge in [-0.1, -0.05) is 18.6 Å². The van der Waals surface area contributed by atoms with Crippen molar-refractivity contribution >= 4 is 23.2 Å². The van der Waals surface area contributed by atoms with E-state index in [0.29, 0.717) is 11.3 Å². The molecule has 30 heavy (non-hydrogen) atoms. The van der Waals surface area contributed by atoms with Crippen LogP contribution < -0.4 is 5.32 Å². The maximum atomic E-state index is 13.3. The highest BCUT2D eigenvalue weighted by molar-refractivity contribution is 6.47. The summed E-state index contributed by atoms with van der Waals surface area (Å²) in [6.45, 7) is 3.90. The van der Waals surface area contributed by atoms with Gasteiger partial charge in [-0.25, -0.2) is 4.39 Å². The molecule has 1 N–H and O–H groups in total. The Hall–Kier alpha value is -3.02. The average molecular weight is 407 g/mol. The Morgan fingerprint density at radius 3 is 2.50 bits per heavy atom. The zero-order valence-electron chi connectivity index (χ0n) is 17.4. The lowest BCUT2D eigenvalue weighted by atomic mass is 9.88. The molecule has 1 saturated carbocycles. The third-order valence-electron chi connectivity index (χ3n) is 6.22. The maximum Gasteiger partial charge on any atom is 0.275 e. The lowest BCUT2D eigenvalue weighted by molar-refractivity contribution is -0.134. The number of rotatable bonds is 4. The zero-order chi connectivity index (χ0) is 21.3. The van der Waals surface area contributed by atoms with Gasteiger partial charge in [0.15, 0.2) is 0 Å². The van der Waals surface area contributed by atoms with Crippen LogP contribution in [0.3, 0.4) is 0 Å². The first-order valence-corrected chi connectivity index (χ1v) is 10.4. The highest BCUT2D eigenvalue weighted by Crippen LogP contribution is 2.39. The molecule has 156 valence electrons. The molecule has 1 spiro atoms. The molecule has 6 heteroatoms. The topological polar surface area (TPSA) is 61.8 Å². The minimum Gasteiger partial charge on any atom is -0.324 e. The summed E-state index contributed by atoms with van der Waals surface area (Å²) in [6, 6.07) is 11.6. The molecule has 1 heterocycles. The Kier molecular flexibility index (Phi) is 5.41. The summed E-state index contributed by atoms with van der Waals surface area (Å²) in [5.74, 6) is -0.862. The Labute approximate surface area is 176 Å². The predicted molar refractivity (Wildman–Crippen MR) is 115 cm³/mol. The van der Waals surface area contributed by atoms with Crippen LogP contribution in [0.1, 0.15) is 48.8 Å². The summed E-state index contributed by atoms with van der Waals surface area (Å²) < 4.78 is 13.3. The molecule has 1 aliphatic carbocycles. The first-order chi connectivity index (χ1) is 14.4. The minimum absolute atomic E-state index is 0.0551. The number of nitrogens with one attached hydrogen (secondary N) is 1. The van der Waals surface area contributed by atoms with Crippen LogP contribution in [0.5, 0.6) is 0 Å². The number of carbonyl (C=O) groups is 2. The van der Waals surface area contributed by atoms with Crippen LogP contribution in [-0.2, 0) is 9.59 Å². The molecule has 2 aromatic carbocycles. The molecule has 0 radical (unpaired) electrons. The van der Waals surface area contributed by atoms with Gasteiger partial charge in [0.1, 0.15) is 23.7 Å². The lowest BCUT2D eigenvalue weighted by Gasteiger charge is -2.38. The number of halogens is 1. The third kappa shape index (κ3) is 3.74. The molecule has 5 nitrogen and oxygen atoms in total. The number of hydrogen-bond donors (Lipinski definition) is 1. The van der Waals surface area contributed by atoms with Crippen LogP contribution in [0.4, 0.5) is 10.1 Å². The van der Waals surface area contributed by atoms with Gasteiger partial charge in [0.05, 0.1) is 0 Å². The molecule has 0 aromatic heterocycles. The van der Waals surface area contributed by atoms with Crippen molar-refractivity contribution in [2.24, 2.45) is 4.99 Å². The Morgan fingerprint density at radius 2 is 1.80 bits per heavy atom. The summed E-state index contributed by atoms with van der Waals surface area (Å²) >= 11 is 0. The fraction of sp³-hybridized carbons (Fsp3) is 0.375. The molecule has 1 aliphatic heterocycles. The quantitative estimate of drug-likeness (QED) is 0.818. The van der Waals surface area contributed by atoms with Crippen molar-refractivity contribution in [3.8, 4) is 0 Å². The number of carbonyl (C=O) groups excluding carboxylic acids is 2. The Bertz CT molecular complexity index is 1010. The van der Waals surface area contributed by atoms with Crippen LogP contribution in [0.25, 0.3) is 0 Å². The number of amides is 2. The number of anilines is 1. The van der Waals surface area contributed by atoms with E-state index in [-0.39, 0.29) is 24.2 Å². The van der Waals surface area contributed by atoms with E-state index in [0.717, 1.165) is 48.9 Å². The highest BCUT2D eigenvalue weighted by atomic mass is 19.1. The second kappa shape index (κ2) is 8.01. The van der Waals surface area contributed by atoms with Gasteiger partial charge in [-0.05, 0) is 81.0 Å². The largest absolute Gasteiger partial charge is 0.324 e. The summed E-state index contributed by atoms with van der Waals surface area (Å²) in [7, 11) is 0. The molecule has 0 unspecified atom stereocenters. The summed E-state index contributed by atoms with van der Waals surface area (Å²) in [5.41, 5.74) is 3.08. The van der Waals surface area contributed by atoms with Crippen molar-refractivity contribution in [2.45, 2.75) is 51.6 Å². The van der Waals surface area contributed by atoms with Crippen LogP contribution in [0, 0.1) is 19.7 Å². The monoisotopic (exact) mass is 407 g/mol. The summed E-state index contributed by atoms with van der Waals surface area (Å²) in [4.78, 5) is 32.6. The predicted octanol–water partition coefficient (Wildman–Crippen LogP) is 4.37. The minimum atomic E-state index is -0.682. The molecule has 2 aromatic rings. The van der Waals surface area contributed by atoms with Gasteiger partial charge in [-0.3, -0.25) is 14.6 Å². The molecule has 2 aliphatic rings. The molecular formula is C24H26FN3O2. The van der Waals surface area contributed by atoms with Crippen molar-refractivity contribution in [2.75, 3.05) is 11.9 Å². The van der Waals surface area contributed by atoms with Crippen molar-refractivity contribution in [3.63, 3.8) is 0 Å². The molecule has 4 rings (SSSR count). The van der Waals surface area contributed by atoms with Crippen LogP contribution in [-0.4, -0.2) is 34.6 Å². The standard InChI is InChI=1S/C24H26FN3O2/c1-16-7-6-8-20(17(16)2)26-21(29)15-28-23(30)22(18-9-11-19(25)12-10-18)27-24(28)13-4-3-5-14-24/h6-12H,3-5,13-15H2,1-2H3,(H,26,29). The maximum absolute atomic E-state index is 13.3. The molecule has 2 amide bonds. The molecule has 1 fully saturated rings. The molecule has 0 atom stereocenters. The number of benzene rings is 2. The van der Waals surface area contributed by atoms with Gasteiger partial charge in [-0.15, -0.1) is 0 Å². The van der Waals surface area contributed by atoms with E-state index in [1.807, 2.05) is 32.0 Å². The zero-order valence-corrected chi connectivity index (χ0v) is 17.4. The SMILES string of the molecule is Cc1cccc(NC(=O)CN2C(=O)C(c3ccc(F)cc3)=NC23CCCCC3)c1C. The van der Waals surface area contributed by atoms with E-state index < -0.39 is 5.66 Å². The van der Waals surface area contributed by atoms with Gasteiger partial charge < -0.3 is 10.2 Å². The van der Waals surface area contributed by atoms with Crippen molar-refractivity contribution in [3.05, 3.63) is 65.0 Å².